The molecule has 1 heterocycles. The summed E-state index contributed by atoms with van der Waals surface area (Å²) in [5, 5.41) is 0. The van der Waals surface area contributed by atoms with Crippen LogP contribution in [-0.2, 0) is 14.8 Å². The zero-order valence-corrected chi connectivity index (χ0v) is 13.9. The van der Waals surface area contributed by atoms with Gasteiger partial charge in [0.2, 0.25) is 15.9 Å². The van der Waals surface area contributed by atoms with Crippen LogP contribution in [0.1, 0.15) is 25.3 Å². The molecule has 0 bridgehead atoms. The summed E-state index contributed by atoms with van der Waals surface area (Å²) in [6.45, 7) is 3.80. The smallest absolute Gasteiger partial charge is 0.245 e. The molecule has 5 nitrogen and oxygen atoms in total. The van der Waals surface area contributed by atoms with Crippen LogP contribution < -0.4 is 0 Å². The van der Waals surface area contributed by atoms with E-state index in [-0.39, 0.29) is 29.9 Å². The normalized spacial score (nSPS) is 17.5. The summed E-state index contributed by atoms with van der Waals surface area (Å²) >= 11 is 0. The molecule has 0 N–H and O–H groups in total. The van der Waals surface area contributed by atoms with E-state index in [0.29, 0.717) is 18.4 Å². The summed E-state index contributed by atoms with van der Waals surface area (Å²) < 4.78 is 40.3. The summed E-state index contributed by atoms with van der Waals surface area (Å²) in [6, 6.07) is 4.12. The lowest BCUT2D eigenvalue weighted by Gasteiger charge is -2.35. The third-order valence-electron chi connectivity index (χ3n) is 4.17. The van der Waals surface area contributed by atoms with Crippen LogP contribution in [0.2, 0.25) is 0 Å². The Bertz CT molecular complexity index is 667. The van der Waals surface area contributed by atoms with Gasteiger partial charge in [0.15, 0.2) is 0 Å². The summed E-state index contributed by atoms with van der Waals surface area (Å²) in [4.78, 5) is 12.7. The summed E-state index contributed by atoms with van der Waals surface area (Å²) in [6.07, 6.45) is 1.12. The van der Waals surface area contributed by atoms with Crippen LogP contribution in [0.4, 0.5) is 4.39 Å². The molecule has 1 aromatic rings. The van der Waals surface area contributed by atoms with Gasteiger partial charge < -0.3 is 4.90 Å². The van der Waals surface area contributed by atoms with E-state index in [0.717, 1.165) is 0 Å². The highest BCUT2D eigenvalue weighted by atomic mass is 32.2. The minimum atomic E-state index is -3.83. The molecule has 0 aliphatic carbocycles. The molecule has 1 aliphatic heterocycles. The van der Waals surface area contributed by atoms with E-state index in [4.69, 9.17) is 0 Å². The van der Waals surface area contributed by atoms with Gasteiger partial charge in [0.1, 0.15) is 10.7 Å². The fourth-order valence-electron chi connectivity index (χ4n) is 2.67. The van der Waals surface area contributed by atoms with Gasteiger partial charge in [-0.15, -0.1) is 0 Å². The van der Waals surface area contributed by atoms with E-state index in [1.807, 2.05) is 0 Å². The van der Waals surface area contributed by atoms with Gasteiger partial charge in [-0.2, -0.15) is 4.31 Å². The van der Waals surface area contributed by atoms with Crippen molar-refractivity contribution in [2.24, 2.45) is 0 Å². The van der Waals surface area contributed by atoms with E-state index in [2.05, 4.69) is 0 Å². The van der Waals surface area contributed by atoms with Gasteiger partial charge in [0, 0.05) is 33.1 Å². The molecule has 2 rings (SSSR count). The maximum Gasteiger partial charge on any atom is 0.245 e. The van der Waals surface area contributed by atoms with Gasteiger partial charge in [-0.1, -0.05) is 6.07 Å². The van der Waals surface area contributed by atoms with Crippen molar-refractivity contribution in [3.05, 3.63) is 29.6 Å². The number of carbonyl (C=O) groups is 1. The summed E-state index contributed by atoms with van der Waals surface area (Å²) in [5.41, 5.74) is 0.700. The number of hydrogen-bond acceptors (Lipinski definition) is 3. The Labute approximate surface area is 130 Å². The van der Waals surface area contributed by atoms with Crippen molar-refractivity contribution in [2.75, 3.05) is 20.1 Å². The molecular weight excluding hydrogens is 307 g/mol. The predicted octanol–water partition coefficient (Wildman–Crippen LogP) is 1.77. The number of rotatable bonds is 3. The number of nitrogens with zero attached hydrogens (tertiary/aromatic N) is 2. The molecule has 1 fully saturated rings. The maximum absolute atomic E-state index is 13.9. The van der Waals surface area contributed by atoms with Crippen molar-refractivity contribution in [3.63, 3.8) is 0 Å². The average Bonchev–Trinajstić information content (AvgIpc) is 2.48. The lowest BCUT2D eigenvalue weighted by molar-refractivity contribution is -0.130. The third kappa shape index (κ3) is 3.30. The number of sulfonamides is 1. The van der Waals surface area contributed by atoms with Gasteiger partial charge in [-0.3, -0.25) is 4.79 Å². The van der Waals surface area contributed by atoms with Gasteiger partial charge in [-0.25, -0.2) is 12.8 Å². The second-order valence-corrected chi connectivity index (χ2v) is 7.61. The molecule has 122 valence electrons. The minimum Gasteiger partial charge on any atom is -0.343 e. The Hall–Kier alpha value is -1.47. The number of piperidine rings is 1. The molecule has 7 heteroatoms. The Morgan fingerprint density at radius 3 is 2.45 bits per heavy atom. The lowest BCUT2D eigenvalue weighted by Crippen LogP contribution is -2.46. The lowest BCUT2D eigenvalue weighted by atomic mass is 10.1. The zero-order chi connectivity index (χ0) is 16.5. The molecular formula is C15H21FN2O3S. The van der Waals surface area contributed by atoms with Gasteiger partial charge in [0.05, 0.1) is 0 Å². The van der Waals surface area contributed by atoms with E-state index in [1.165, 1.54) is 23.4 Å². The van der Waals surface area contributed by atoms with Crippen LogP contribution >= 0.6 is 0 Å². The van der Waals surface area contributed by atoms with Crippen molar-refractivity contribution < 1.29 is 17.6 Å². The quantitative estimate of drug-likeness (QED) is 0.850. The Balaban J connectivity index is 2.16. The first-order valence-electron chi connectivity index (χ1n) is 7.23. The first-order chi connectivity index (χ1) is 10.2. The SMILES string of the molecule is CC(=O)N(C)C1CCN(S(=O)(=O)c2cc(C)ccc2F)CC1. The van der Waals surface area contributed by atoms with E-state index >= 15 is 0 Å². The number of benzene rings is 1. The fraction of sp³-hybridized carbons (Fsp3) is 0.533. The highest BCUT2D eigenvalue weighted by Crippen LogP contribution is 2.25. The van der Waals surface area contributed by atoms with Gasteiger partial charge in [0.25, 0.3) is 0 Å². The first-order valence-corrected chi connectivity index (χ1v) is 8.67. The minimum absolute atomic E-state index is 0.0336. The fourth-order valence-corrected chi connectivity index (χ4v) is 4.29. The maximum atomic E-state index is 13.9. The van der Waals surface area contributed by atoms with Crippen LogP contribution in [0.5, 0.6) is 0 Å². The van der Waals surface area contributed by atoms with E-state index in [1.54, 1.807) is 24.9 Å². The standard InChI is InChI=1S/C15H21FN2O3S/c1-11-4-5-14(16)15(10-11)22(20,21)18-8-6-13(7-9-18)17(3)12(2)19/h4-5,10,13H,6-9H2,1-3H3. The molecule has 0 saturated carbocycles. The highest BCUT2D eigenvalue weighted by molar-refractivity contribution is 7.89. The molecule has 0 radical (unpaired) electrons. The van der Waals surface area contributed by atoms with Gasteiger partial charge >= 0.3 is 0 Å². The van der Waals surface area contributed by atoms with E-state index < -0.39 is 15.8 Å². The van der Waals surface area contributed by atoms with Crippen LogP contribution in [0.25, 0.3) is 0 Å². The predicted molar refractivity (Wildman–Crippen MR) is 81.4 cm³/mol. The Kier molecular flexibility index (Phi) is 4.87. The molecule has 1 aromatic carbocycles. The largest absolute Gasteiger partial charge is 0.343 e. The number of aryl methyl sites for hydroxylation is 1. The molecule has 1 saturated heterocycles. The van der Waals surface area contributed by atoms with Crippen LogP contribution in [0, 0.1) is 12.7 Å². The third-order valence-corrected chi connectivity index (χ3v) is 6.09. The second kappa shape index (κ2) is 6.34. The van der Waals surface area contributed by atoms with E-state index in [9.17, 15) is 17.6 Å². The highest BCUT2D eigenvalue weighted by Gasteiger charge is 2.32. The summed E-state index contributed by atoms with van der Waals surface area (Å²) in [7, 11) is -2.11. The van der Waals surface area contributed by atoms with Crippen molar-refractivity contribution in [3.8, 4) is 0 Å². The second-order valence-electron chi connectivity index (χ2n) is 5.70. The molecule has 0 atom stereocenters. The Morgan fingerprint density at radius 1 is 1.32 bits per heavy atom. The first kappa shape index (κ1) is 16.9. The van der Waals surface area contributed by atoms with Crippen molar-refractivity contribution in [2.45, 2.75) is 37.6 Å². The van der Waals surface area contributed by atoms with Crippen molar-refractivity contribution in [1.82, 2.24) is 9.21 Å². The monoisotopic (exact) mass is 328 g/mol. The molecule has 1 amide bonds. The van der Waals surface area contributed by atoms with Crippen LogP contribution in [0.15, 0.2) is 23.1 Å². The van der Waals surface area contributed by atoms with Crippen molar-refractivity contribution in [1.29, 1.82) is 0 Å². The number of hydrogen-bond donors (Lipinski definition) is 0. The number of halogens is 1. The van der Waals surface area contributed by atoms with Crippen LogP contribution in [0.3, 0.4) is 0 Å². The Morgan fingerprint density at radius 2 is 1.91 bits per heavy atom. The molecule has 0 aromatic heterocycles. The molecule has 0 unspecified atom stereocenters. The van der Waals surface area contributed by atoms with Gasteiger partial charge in [-0.05, 0) is 37.5 Å². The zero-order valence-electron chi connectivity index (χ0n) is 13.0. The topological polar surface area (TPSA) is 57.7 Å². The molecule has 1 aliphatic rings. The van der Waals surface area contributed by atoms with Crippen molar-refractivity contribution >= 4 is 15.9 Å². The van der Waals surface area contributed by atoms with Crippen LogP contribution in [-0.4, -0.2) is 49.7 Å². The molecule has 0 spiro atoms. The summed E-state index contributed by atoms with van der Waals surface area (Å²) in [5.74, 6) is -0.764. The molecule has 22 heavy (non-hydrogen) atoms. The average molecular weight is 328 g/mol. The number of carbonyl (C=O) groups excluding carboxylic acids is 1. The number of amides is 1.